The van der Waals surface area contributed by atoms with Crippen molar-refractivity contribution in [3.8, 4) is 5.75 Å². The van der Waals surface area contributed by atoms with Gasteiger partial charge in [-0.2, -0.15) is 0 Å². The Morgan fingerprint density at radius 3 is 2.54 bits per heavy atom. The number of nitro groups is 1. The first kappa shape index (κ1) is 17.9. The summed E-state index contributed by atoms with van der Waals surface area (Å²) in [5.41, 5.74) is 0.924. The van der Waals surface area contributed by atoms with E-state index in [0.29, 0.717) is 31.3 Å². The van der Waals surface area contributed by atoms with Gasteiger partial charge in [0.1, 0.15) is 11.9 Å². The Morgan fingerprint density at radius 1 is 1.27 bits per heavy atom. The number of ether oxygens (including phenoxy) is 1. The largest absolute Gasteiger partial charge is 0.497 e. The Morgan fingerprint density at radius 2 is 1.96 bits per heavy atom. The Balaban J connectivity index is 1.54. The molecule has 8 nitrogen and oxygen atoms in total. The van der Waals surface area contributed by atoms with Gasteiger partial charge in [-0.25, -0.2) is 4.98 Å². The van der Waals surface area contributed by atoms with Crippen molar-refractivity contribution in [2.75, 3.05) is 38.2 Å². The van der Waals surface area contributed by atoms with E-state index in [2.05, 4.69) is 4.98 Å². The number of methoxy groups -OCH3 is 1. The van der Waals surface area contributed by atoms with Gasteiger partial charge in [-0.1, -0.05) is 12.1 Å². The molecule has 3 rings (SSSR count). The van der Waals surface area contributed by atoms with Gasteiger partial charge in [-0.15, -0.1) is 0 Å². The lowest BCUT2D eigenvalue weighted by Gasteiger charge is -2.33. The molecule has 2 aromatic rings. The van der Waals surface area contributed by atoms with Crippen LogP contribution < -0.4 is 9.64 Å². The minimum absolute atomic E-state index is 0.0286. The normalized spacial score (nSPS) is 14.7. The zero-order valence-corrected chi connectivity index (χ0v) is 15.0. The zero-order valence-electron chi connectivity index (χ0n) is 14.2. The van der Waals surface area contributed by atoms with Crippen LogP contribution in [-0.2, 0) is 4.79 Å². The van der Waals surface area contributed by atoms with Gasteiger partial charge in [0.15, 0.2) is 5.13 Å². The highest BCUT2D eigenvalue weighted by Gasteiger charge is 2.23. The molecule has 9 heteroatoms. The van der Waals surface area contributed by atoms with Crippen molar-refractivity contribution >= 4 is 33.5 Å². The van der Waals surface area contributed by atoms with Crippen LogP contribution in [0.2, 0.25) is 0 Å². The number of anilines is 1. The highest BCUT2D eigenvalue weighted by Crippen LogP contribution is 2.28. The predicted molar refractivity (Wildman–Crippen MR) is 99.6 cm³/mol. The summed E-state index contributed by atoms with van der Waals surface area (Å²) in [6, 6.07) is 7.46. The van der Waals surface area contributed by atoms with Gasteiger partial charge < -0.3 is 14.5 Å². The van der Waals surface area contributed by atoms with Gasteiger partial charge in [0.05, 0.1) is 12.0 Å². The van der Waals surface area contributed by atoms with Crippen LogP contribution in [0.4, 0.5) is 10.1 Å². The summed E-state index contributed by atoms with van der Waals surface area (Å²) in [4.78, 5) is 30.5. The maximum Gasteiger partial charge on any atom is 0.345 e. The summed E-state index contributed by atoms with van der Waals surface area (Å²) >= 11 is 1.06. The van der Waals surface area contributed by atoms with Gasteiger partial charge in [-0.05, 0) is 35.1 Å². The summed E-state index contributed by atoms with van der Waals surface area (Å²) in [5, 5.41) is 11.4. The fourth-order valence-electron chi connectivity index (χ4n) is 2.59. The van der Waals surface area contributed by atoms with Gasteiger partial charge in [-0.3, -0.25) is 14.9 Å². The highest BCUT2D eigenvalue weighted by molar-refractivity contribution is 7.18. The van der Waals surface area contributed by atoms with Crippen molar-refractivity contribution in [2.45, 2.75) is 0 Å². The maximum atomic E-state index is 12.3. The van der Waals surface area contributed by atoms with E-state index < -0.39 is 4.92 Å². The lowest BCUT2D eigenvalue weighted by atomic mass is 10.2. The van der Waals surface area contributed by atoms with Gasteiger partial charge in [0.2, 0.25) is 5.91 Å². The smallest absolute Gasteiger partial charge is 0.345 e. The molecule has 0 unspecified atom stereocenters. The summed E-state index contributed by atoms with van der Waals surface area (Å²) in [6.45, 7) is 2.32. The number of carbonyl (C=O) groups excluding carboxylic acids is 1. The first-order valence-electron chi connectivity index (χ1n) is 8.03. The minimum atomic E-state index is -0.440. The second kappa shape index (κ2) is 7.96. The van der Waals surface area contributed by atoms with E-state index in [-0.39, 0.29) is 10.9 Å². The third-order valence-corrected chi connectivity index (χ3v) is 5.07. The van der Waals surface area contributed by atoms with Crippen LogP contribution in [0.1, 0.15) is 5.56 Å². The number of carbonyl (C=O) groups is 1. The number of piperazine rings is 1. The van der Waals surface area contributed by atoms with Gasteiger partial charge in [0, 0.05) is 32.3 Å². The Kier molecular flexibility index (Phi) is 5.47. The Hall–Kier alpha value is -2.94. The van der Waals surface area contributed by atoms with Crippen molar-refractivity contribution < 1.29 is 14.5 Å². The Labute approximate surface area is 154 Å². The van der Waals surface area contributed by atoms with Crippen LogP contribution >= 0.6 is 11.3 Å². The molecule has 1 amide bonds. The molecule has 1 aliphatic heterocycles. The fourth-order valence-corrected chi connectivity index (χ4v) is 3.38. The summed E-state index contributed by atoms with van der Waals surface area (Å²) < 4.78 is 5.11. The third kappa shape index (κ3) is 4.17. The molecule has 1 aliphatic rings. The molecule has 0 radical (unpaired) electrons. The maximum absolute atomic E-state index is 12.3. The first-order chi connectivity index (χ1) is 12.6. The van der Waals surface area contributed by atoms with Crippen LogP contribution in [0.3, 0.4) is 0 Å². The quantitative estimate of drug-likeness (QED) is 0.454. The van der Waals surface area contributed by atoms with Gasteiger partial charge in [0.25, 0.3) is 0 Å². The van der Waals surface area contributed by atoms with E-state index in [0.717, 1.165) is 22.6 Å². The second-order valence-corrected chi connectivity index (χ2v) is 6.64. The molecule has 1 aromatic carbocycles. The molecule has 0 N–H and O–H groups in total. The number of hydrogen-bond donors (Lipinski definition) is 0. The minimum Gasteiger partial charge on any atom is -0.497 e. The number of rotatable bonds is 5. The lowest BCUT2D eigenvalue weighted by Crippen LogP contribution is -2.48. The van der Waals surface area contributed by atoms with Crippen molar-refractivity contribution in [2.24, 2.45) is 0 Å². The molecule has 0 bridgehead atoms. The molecule has 136 valence electrons. The molecule has 1 fully saturated rings. The molecule has 0 saturated carbocycles. The van der Waals surface area contributed by atoms with Crippen molar-refractivity contribution in [1.29, 1.82) is 0 Å². The monoisotopic (exact) mass is 374 g/mol. The SMILES string of the molecule is COc1ccc(/C=C/C(=O)N2CCN(c3ncc([N+](=O)[O-])s3)CC2)cc1. The van der Waals surface area contributed by atoms with E-state index in [9.17, 15) is 14.9 Å². The topological polar surface area (TPSA) is 88.8 Å². The Bertz CT molecular complexity index is 810. The average molecular weight is 374 g/mol. The number of benzene rings is 1. The lowest BCUT2D eigenvalue weighted by molar-refractivity contribution is -0.380. The molecule has 0 atom stereocenters. The van der Waals surface area contributed by atoms with E-state index in [4.69, 9.17) is 4.74 Å². The van der Waals surface area contributed by atoms with Crippen LogP contribution in [-0.4, -0.2) is 54.0 Å². The number of amides is 1. The van der Waals surface area contributed by atoms with Crippen LogP contribution in [0, 0.1) is 10.1 Å². The molecular formula is C17H18N4O4S. The molecular weight excluding hydrogens is 356 g/mol. The van der Waals surface area contributed by atoms with E-state index >= 15 is 0 Å². The highest BCUT2D eigenvalue weighted by atomic mass is 32.1. The molecule has 1 aromatic heterocycles. The second-order valence-electron chi connectivity index (χ2n) is 5.66. The zero-order chi connectivity index (χ0) is 18.5. The predicted octanol–water partition coefficient (Wildman–Crippen LogP) is 2.42. The summed E-state index contributed by atoms with van der Waals surface area (Å²) in [6.07, 6.45) is 4.61. The third-order valence-electron chi connectivity index (χ3n) is 4.06. The molecule has 0 aliphatic carbocycles. The van der Waals surface area contributed by atoms with Crippen molar-refractivity contribution in [3.63, 3.8) is 0 Å². The number of hydrogen-bond acceptors (Lipinski definition) is 7. The summed E-state index contributed by atoms with van der Waals surface area (Å²) in [7, 11) is 1.61. The van der Waals surface area contributed by atoms with Crippen molar-refractivity contribution in [3.05, 3.63) is 52.2 Å². The van der Waals surface area contributed by atoms with Crippen LogP contribution in [0.15, 0.2) is 36.5 Å². The summed E-state index contributed by atoms with van der Waals surface area (Å²) in [5.74, 6) is 0.720. The van der Waals surface area contributed by atoms with Crippen LogP contribution in [0.5, 0.6) is 5.75 Å². The number of aromatic nitrogens is 1. The first-order valence-corrected chi connectivity index (χ1v) is 8.84. The standard InChI is InChI=1S/C17H18N4O4S/c1-25-14-5-2-13(3-6-14)4-7-15(22)19-8-10-20(11-9-19)17-18-12-16(26-17)21(23)24/h2-7,12H,8-11H2,1H3/b7-4+. The average Bonchev–Trinajstić information content (AvgIpc) is 3.17. The number of thiazole rings is 1. The molecule has 26 heavy (non-hydrogen) atoms. The van der Waals surface area contributed by atoms with Gasteiger partial charge >= 0.3 is 5.00 Å². The van der Waals surface area contributed by atoms with Crippen molar-refractivity contribution in [1.82, 2.24) is 9.88 Å². The number of nitrogens with zero attached hydrogens (tertiary/aromatic N) is 4. The fraction of sp³-hybridized carbons (Fsp3) is 0.294. The van der Waals surface area contributed by atoms with E-state index in [1.54, 1.807) is 24.2 Å². The molecule has 0 spiro atoms. The van der Waals surface area contributed by atoms with Crippen LogP contribution in [0.25, 0.3) is 6.08 Å². The molecule has 1 saturated heterocycles. The van der Waals surface area contributed by atoms with E-state index in [1.807, 2.05) is 29.2 Å². The van der Waals surface area contributed by atoms with E-state index in [1.165, 1.54) is 6.20 Å². The molecule has 2 heterocycles.